The van der Waals surface area contributed by atoms with Gasteiger partial charge in [0.2, 0.25) is 5.78 Å². The Morgan fingerprint density at radius 3 is 2.36 bits per heavy atom. The first-order valence-corrected chi connectivity index (χ1v) is 11.8. The monoisotopic (exact) mass is 492 g/mol. The van der Waals surface area contributed by atoms with Crippen molar-refractivity contribution in [1.29, 1.82) is 0 Å². The number of carbonyl (C=O) groups excluding carboxylic acids is 2. The van der Waals surface area contributed by atoms with Crippen molar-refractivity contribution in [2.24, 2.45) is 0 Å². The third-order valence-electron chi connectivity index (χ3n) is 4.96. The number of pyridine rings is 1. The van der Waals surface area contributed by atoms with Gasteiger partial charge in [-0.15, -0.1) is 11.3 Å². The Bertz CT molecular complexity index is 1490. The van der Waals surface area contributed by atoms with Crippen LogP contribution < -0.4 is 4.72 Å². The molecule has 1 N–H and O–H groups in total. The molecule has 0 saturated carbocycles. The fourth-order valence-electron chi connectivity index (χ4n) is 3.55. The number of nitrogens with one attached hydrogen (secondary N) is 1. The van der Waals surface area contributed by atoms with Gasteiger partial charge in [0.15, 0.2) is 0 Å². The molecule has 6 nitrogen and oxygen atoms in total. The van der Waals surface area contributed by atoms with Crippen molar-refractivity contribution in [2.45, 2.75) is 17.3 Å². The quantitative estimate of drug-likeness (QED) is 0.380. The van der Waals surface area contributed by atoms with Crippen LogP contribution in [0, 0.1) is 6.92 Å². The largest absolute Gasteiger partial charge is 0.454 e. The van der Waals surface area contributed by atoms with E-state index in [0.29, 0.717) is 0 Å². The summed E-state index contributed by atoms with van der Waals surface area (Å²) in [5, 5.41) is 1.58. The summed E-state index contributed by atoms with van der Waals surface area (Å²) in [5.41, 5.74) is -1.12. The molecule has 0 amide bonds. The number of thiophene rings is 1. The van der Waals surface area contributed by atoms with Crippen LogP contribution in [0.1, 0.15) is 32.0 Å². The average Bonchev–Trinajstić information content (AvgIpc) is 3.39. The number of ketones is 2. The van der Waals surface area contributed by atoms with E-state index < -0.39 is 33.3 Å². The lowest BCUT2D eigenvalue weighted by Crippen LogP contribution is -2.23. The Hall–Kier alpha value is -3.44. The standard InChI is InChI=1S/C22H15F3N2O4S2/c1-13-18(21(29)22(23,24)25)16-9-4-5-11-27(16)19(13)20(28)14-7-2-3-8-15(14)26-33(30,31)17-10-6-12-32-17/h2-12,26H,1H3. The van der Waals surface area contributed by atoms with Gasteiger partial charge in [0.05, 0.1) is 22.5 Å². The summed E-state index contributed by atoms with van der Waals surface area (Å²) >= 11 is 0.989. The van der Waals surface area contributed by atoms with Gasteiger partial charge in [-0.2, -0.15) is 13.2 Å². The number of carbonyl (C=O) groups is 2. The van der Waals surface area contributed by atoms with Crippen LogP contribution in [0.4, 0.5) is 18.9 Å². The maximum absolute atomic E-state index is 13.5. The second-order valence-corrected chi connectivity index (χ2v) is 9.90. The summed E-state index contributed by atoms with van der Waals surface area (Å²) in [7, 11) is -3.98. The van der Waals surface area contributed by atoms with Crippen LogP contribution in [-0.2, 0) is 10.0 Å². The summed E-state index contributed by atoms with van der Waals surface area (Å²) in [6.45, 7) is 1.26. The second-order valence-electron chi connectivity index (χ2n) is 7.04. The zero-order chi connectivity index (χ0) is 24.0. The fourth-order valence-corrected chi connectivity index (χ4v) is 5.62. The molecule has 11 heteroatoms. The van der Waals surface area contributed by atoms with Crippen LogP contribution in [0.2, 0.25) is 0 Å². The van der Waals surface area contributed by atoms with Crippen LogP contribution in [0.15, 0.2) is 70.4 Å². The number of Topliss-reactive ketones (excluding diaryl/α,β-unsaturated/α-hetero) is 1. The highest BCUT2D eigenvalue weighted by Crippen LogP contribution is 2.32. The number of rotatable bonds is 6. The Balaban J connectivity index is 1.86. The number of anilines is 1. The molecule has 0 aliphatic rings. The van der Waals surface area contributed by atoms with Gasteiger partial charge >= 0.3 is 6.18 Å². The minimum absolute atomic E-state index is 0.0344. The van der Waals surface area contributed by atoms with Crippen molar-refractivity contribution >= 4 is 44.1 Å². The van der Waals surface area contributed by atoms with Crippen LogP contribution in [0.25, 0.3) is 5.52 Å². The minimum Gasteiger partial charge on any atom is -0.313 e. The lowest BCUT2D eigenvalue weighted by molar-refractivity contribution is -0.0884. The number of para-hydroxylation sites is 1. The topological polar surface area (TPSA) is 84.7 Å². The van der Waals surface area contributed by atoms with Crippen LogP contribution >= 0.6 is 11.3 Å². The summed E-state index contributed by atoms with van der Waals surface area (Å²) in [4.78, 5) is 25.6. The van der Waals surface area contributed by atoms with Crippen LogP contribution in [0.3, 0.4) is 0 Å². The highest BCUT2D eigenvalue weighted by atomic mass is 32.2. The van der Waals surface area contributed by atoms with Gasteiger partial charge in [-0.1, -0.05) is 24.3 Å². The van der Waals surface area contributed by atoms with Crippen molar-refractivity contribution in [3.05, 3.63) is 88.6 Å². The lowest BCUT2D eigenvalue weighted by Gasteiger charge is -2.12. The zero-order valence-electron chi connectivity index (χ0n) is 16.9. The number of nitrogens with zero attached hydrogens (tertiary/aromatic N) is 1. The number of aromatic nitrogens is 1. The van der Waals surface area contributed by atoms with E-state index in [0.717, 1.165) is 11.3 Å². The molecule has 4 aromatic rings. The predicted molar refractivity (Wildman–Crippen MR) is 118 cm³/mol. The van der Waals surface area contributed by atoms with E-state index in [4.69, 9.17) is 0 Å². The highest BCUT2D eigenvalue weighted by molar-refractivity contribution is 7.94. The highest BCUT2D eigenvalue weighted by Gasteiger charge is 2.42. The maximum atomic E-state index is 13.5. The van der Waals surface area contributed by atoms with Gasteiger partial charge in [-0.25, -0.2) is 8.42 Å². The molecule has 0 radical (unpaired) electrons. The predicted octanol–water partition coefficient (Wildman–Crippen LogP) is 5.09. The Labute approximate surface area is 190 Å². The number of fused-ring (bicyclic) bond motifs is 1. The summed E-state index contributed by atoms with van der Waals surface area (Å²) in [6.07, 6.45) is -3.75. The van der Waals surface area contributed by atoms with Crippen LogP contribution in [-0.4, -0.2) is 30.6 Å². The van der Waals surface area contributed by atoms with Gasteiger partial charge in [-0.3, -0.25) is 14.3 Å². The number of benzene rings is 1. The SMILES string of the molecule is Cc1c(C(=O)C(F)(F)F)c2ccccn2c1C(=O)c1ccccc1NS(=O)(=O)c1cccs1. The van der Waals surface area contributed by atoms with Gasteiger partial charge in [0.25, 0.3) is 15.8 Å². The molecule has 33 heavy (non-hydrogen) atoms. The Morgan fingerprint density at radius 2 is 1.70 bits per heavy atom. The van der Waals surface area contributed by atoms with Crippen molar-refractivity contribution < 1.29 is 31.2 Å². The molecule has 0 atom stereocenters. The molecular formula is C22H15F3N2O4S2. The fraction of sp³-hybridized carbons (Fsp3) is 0.0909. The second kappa shape index (κ2) is 8.16. The molecule has 3 aromatic heterocycles. The van der Waals surface area contributed by atoms with E-state index in [1.807, 2.05) is 0 Å². The first kappa shape index (κ1) is 22.7. The average molecular weight is 493 g/mol. The van der Waals surface area contributed by atoms with Crippen molar-refractivity contribution in [3.63, 3.8) is 0 Å². The summed E-state index contributed by atoms with van der Waals surface area (Å²) in [5.74, 6) is -2.80. The van der Waals surface area contributed by atoms with E-state index in [9.17, 15) is 31.2 Å². The smallest absolute Gasteiger partial charge is 0.313 e. The van der Waals surface area contributed by atoms with E-state index in [2.05, 4.69) is 4.72 Å². The molecule has 170 valence electrons. The first-order valence-electron chi connectivity index (χ1n) is 9.43. The Kier molecular flexibility index (Phi) is 5.62. The normalized spacial score (nSPS) is 12.1. The third kappa shape index (κ3) is 4.05. The maximum Gasteiger partial charge on any atom is 0.454 e. The summed E-state index contributed by atoms with van der Waals surface area (Å²) < 4.78 is 68.7. The molecule has 0 unspecified atom stereocenters. The van der Waals surface area contributed by atoms with Crippen molar-refractivity contribution in [2.75, 3.05) is 4.72 Å². The van der Waals surface area contributed by atoms with Crippen LogP contribution in [0.5, 0.6) is 0 Å². The molecule has 3 heterocycles. The lowest BCUT2D eigenvalue weighted by atomic mass is 10.0. The van der Waals surface area contributed by atoms with Gasteiger partial charge in [0, 0.05) is 11.8 Å². The molecule has 0 aliphatic heterocycles. The summed E-state index contributed by atoms with van der Waals surface area (Å²) in [6, 6.07) is 13.0. The molecule has 1 aromatic carbocycles. The molecule has 0 saturated heterocycles. The van der Waals surface area contributed by atoms with Gasteiger partial charge < -0.3 is 4.40 Å². The van der Waals surface area contributed by atoms with Gasteiger partial charge in [-0.05, 0) is 48.2 Å². The molecule has 0 bridgehead atoms. The van der Waals surface area contributed by atoms with E-state index in [1.165, 1.54) is 66.1 Å². The number of sulfonamides is 1. The molecular weight excluding hydrogens is 477 g/mol. The number of hydrogen-bond acceptors (Lipinski definition) is 5. The van der Waals surface area contributed by atoms with E-state index in [1.54, 1.807) is 11.4 Å². The number of hydrogen-bond donors (Lipinski definition) is 1. The first-order chi connectivity index (χ1) is 15.5. The van der Waals surface area contributed by atoms with Crippen molar-refractivity contribution in [3.8, 4) is 0 Å². The number of halogens is 3. The van der Waals surface area contributed by atoms with Crippen molar-refractivity contribution in [1.82, 2.24) is 4.40 Å². The third-order valence-corrected chi connectivity index (χ3v) is 7.73. The van der Waals surface area contributed by atoms with Gasteiger partial charge in [0.1, 0.15) is 4.21 Å². The number of alkyl halides is 3. The Morgan fingerprint density at radius 1 is 1.00 bits per heavy atom. The van der Waals surface area contributed by atoms with E-state index >= 15 is 0 Å². The molecule has 0 aliphatic carbocycles. The zero-order valence-corrected chi connectivity index (χ0v) is 18.5. The molecule has 0 fully saturated rings. The molecule has 0 spiro atoms. The van der Waals surface area contributed by atoms with E-state index in [-0.39, 0.29) is 32.2 Å². The molecule has 4 rings (SSSR count). The minimum atomic E-state index is -5.13.